The highest BCUT2D eigenvalue weighted by molar-refractivity contribution is 6.07. The molecule has 0 unspecified atom stereocenters. The van der Waals surface area contributed by atoms with E-state index in [0.29, 0.717) is 25.8 Å². The number of hydrogen-bond acceptors (Lipinski definition) is 6. The minimum atomic E-state index is -0.780. The summed E-state index contributed by atoms with van der Waals surface area (Å²) < 4.78 is 5.01. The molecule has 0 N–H and O–H groups in total. The number of rotatable bonds is 5. The van der Waals surface area contributed by atoms with Crippen molar-refractivity contribution in [3.05, 3.63) is 48.0 Å². The van der Waals surface area contributed by atoms with Crippen LogP contribution in [0.15, 0.2) is 47.6 Å². The van der Waals surface area contributed by atoms with Crippen LogP contribution in [0.25, 0.3) is 0 Å². The largest absolute Gasteiger partial charge is 0.454 e. The Kier molecular flexibility index (Phi) is 5.24. The molecule has 150 valence electrons. The van der Waals surface area contributed by atoms with Gasteiger partial charge in [-0.3, -0.25) is 24.1 Å². The van der Waals surface area contributed by atoms with Gasteiger partial charge in [-0.15, -0.1) is 0 Å². The lowest BCUT2D eigenvalue weighted by Crippen LogP contribution is -2.38. The average Bonchev–Trinajstić information content (AvgIpc) is 3.33. The lowest BCUT2D eigenvalue weighted by atomic mass is 9.85. The summed E-state index contributed by atoms with van der Waals surface area (Å²) in [5.41, 5.74) is 1.75. The molecule has 1 aliphatic carbocycles. The smallest absolute Gasteiger partial charge is 0.326 e. The summed E-state index contributed by atoms with van der Waals surface area (Å²) >= 11 is 0. The summed E-state index contributed by atoms with van der Waals surface area (Å²) in [7, 11) is 0. The van der Waals surface area contributed by atoms with Gasteiger partial charge in [0.15, 0.2) is 6.61 Å². The van der Waals surface area contributed by atoms with Crippen molar-refractivity contribution in [2.24, 2.45) is 16.9 Å². The quantitative estimate of drug-likeness (QED) is 0.423. The SMILES string of the molecule is O=C(CN1C(=O)[C@@H]2CC=CC[C@H]2C1=O)OCC(=O)N1CCC(c2ccccc2)=N1. The van der Waals surface area contributed by atoms with Crippen LogP contribution in [0.1, 0.15) is 24.8 Å². The Balaban J connectivity index is 1.29. The van der Waals surface area contributed by atoms with Crippen LogP contribution < -0.4 is 0 Å². The molecule has 1 aromatic rings. The zero-order chi connectivity index (χ0) is 20.4. The van der Waals surface area contributed by atoms with Crippen LogP contribution >= 0.6 is 0 Å². The van der Waals surface area contributed by atoms with Gasteiger partial charge in [-0.25, -0.2) is 5.01 Å². The Morgan fingerprint density at radius 3 is 2.34 bits per heavy atom. The molecule has 2 heterocycles. The van der Waals surface area contributed by atoms with Gasteiger partial charge >= 0.3 is 5.97 Å². The molecule has 3 amide bonds. The van der Waals surface area contributed by atoms with Crippen LogP contribution in [0, 0.1) is 11.8 Å². The van der Waals surface area contributed by atoms with Gasteiger partial charge in [-0.05, 0) is 18.4 Å². The summed E-state index contributed by atoms with van der Waals surface area (Å²) in [5, 5.41) is 5.58. The molecule has 2 aliphatic heterocycles. The first-order chi connectivity index (χ1) is 14.0. The predicted molar refractivity (Wildman–Crippen MR) is 102 cm³/mol. The molecule has 1 fully saturated rings. The van der Waals surface area contributed by atoms with Crippen molar-refractivity contribution in [3.8, 4) is 0 Å². The number of likely N-dealkylation sites (tertiary alicyclic amines) is 1. The number of hydrogen-bond donors (Lipinski definition) is 0. The number of esters is 1. The lowest BCUT2D eigenvalue weighted by molar-refractivity contribution is -0.156. The highest BCUT2D eigenvalue weighted by atomic mass is 16.5. The summed E-state index contributed by atoms with van der Waals surface area (Å²) in [4.78, 5) is 50.1. The fraction of sp³-hybridized carbons (Fsp3) is 0.381. The van der Waals surface area contributed by atoms with E-state index in [-0.39, 0.29) is 11.8 Å². The fourth-order valence-corrected chi connectivity index (χ4v) is 3.89. The molecular formula is C21H21N3O5. The number of ether oxygens (including phenoxy) is 1. The highest BCUT2D eigenvalue weighted by Gasteiger charge is 2.47. The molecule has 2 atom stereocenters. The van der Waals surface area contributed by atoms with Crippen molar-refractivity contribution in [1.29, 1.82) is 0 Å². The summed E-state index contributed by atoms with van der Waals surface area (Å²) in [6, 6.07) is 9.55. The topological polar surface area (TPSA) is 96.3 Å². The molecule has 0 aromatic heterocycles. The Morgan fingerprint density at radius 1 is 1.03 bits per heavy atom. The van der Waals surface area contributed by atoms with Crippen LogP contribution in [-0.4, -0.2) is 59.0 Å². The van der Waals surface area contributed by atoms with E-state index in [1.54, 1.807) is 0 Å². The van der Waals surface area contributed by atoms with Crippen LogP contribution in [0.4, 0.5) is 0 Å². The molecule has 3 aliphatic rings. The molecule has 0 radical (unpaired) electrons. The van der Waals surface area contributed by atoms with Crippen LogP contribution in [0.2, 0.25) is 0 Å². The van der Waals surface area contributed by atoms with E-state index in [0.717, 1.165) is 16.2 Å². The van der Waals surface area contributed by atoms with E-state index in [2.05, 4.69) is 5.10 Å². The summed E-state index contributed by atoms with van der Waals surface area (Å²) in [6.45, 7) is -0.522. The highest BCUT2D eigenvalue weighted by Crippen LogP contribution is 2.34. The monoisotopic (exact) mass is 395 g/mol. The van der Waals surface area contributed by atoms with Crippen molar-refractivity contribution < 1.29 is 23.9 Å². The first-order valence-electron chi connectivity index (χ1n) is 9.63. The van der Waals surface area contributed by atoms with E-state index >= 15 is 0 Å². The van der Waals surface area contributed by atoms with E-state index in [1.165, 1.54) is 5.01 Å². The van der Waals surface area contributed by atoms with Crippen LogP contribution in [-0.2, 0) is 23.9 Å². The van der Waals surface area contributed by atoms with Crippen LogP contribution in [0.5, 0.6) is 0 Å². The maximum atomic E-state index is 12.4. The van der Waals surface area contributed by atoms with Crippen molar-refractivity contribution in [3.63, 3.8) is 0 Å². The number of nitrogens with zero attached hydrogens (tertiary/aromatic N) is 3. The molecule has 4 rings (SSSR count). The molecular weight excluding hydrogens is 374 g/mol. The van der Waals surface area contributed by atoms with Gasteiger partial charge in [0.25, 0.3) is 5.91 Å². The molecule has 29 heavy (non-hydrogen) atoms. The third kappa shape index (κ3) is 3.83. The Labute approximate surface area is 167 Å². The lowest BCUT2D eigenvalue weighted by Gasteiger charge is -2.15. The Morgan fingerprint density at radius 2 is 1.69 bits per heavy atom. The van der Waals surface area contributed by atoms with Crippen molar-refractivity contribution in [2.45, 2.75) is 19.3 Å². The summed E-state index contributed by atoms with van der Waals surface area (Å²) in [5.74, 6) is -2.69. The van der Waals surface area contributed by atoms with Crippen molar-refractivity contribution in [1.82, 2.24) is 9.91 Å². The van der Waals surface area contributed by atoms with Gasteiger partial charge in [-0.1, -0.05) is 42.5 Å². The third-order valence-corrected chi connectivity index (χ3v) is 5.44. The van der Waals surface area contributed by atoms with Gasteiger partial charge in [0.1, 0.15) is 6.54 Å². The maximum absolute atomic E-state index is 12.4. The molecule has 8 heteroatoms. The second-order valence-electron chi connectivity index (χ2n) is 7.26. The zero-order valence-electron chi connectivity index (χ0n) is 15.8. The van der Waals surface area contributed by atoms with Gasteiger partial charge in [-0.2, -0.15) is 5.10 Å². The molecule has 0 spiro atoms. The van der Waals surface area contributed by atoms with E-state index in [4.69, 9.17) is 4.74 Å². The first-order valence-corrected chi connectivity index (χ1v) is 9.63. The molecule has 8 nitrogen and oxygen atoms in total. The minimum absolute atomic E-state index is 0.343. The molecule has 0 bridgehead atoms. The standard InChI is InChI=1S/C21H21N3O5/c25-18(24-11-10-17(22-24)14-6-2-1-3-7-14)13-29-19(26)12-23-20(27)15-8-4-5-9-16(15)21(23)28/h1-7,15-16H,8-13H2/t15-,16-/m1/s1. The second-order valence-corrected chi connectivity index (χ2v) is 7.26. The number of hydrazone groups is 1. The van der Waals surface area contributed by atoms with E-state index in [9.17, 15) is 19.2 Å². The normalized spacial score (nSPS) is 23.2. The van der Waals surface area contributed by atoms with E-state index in [1.807, 2.05) is 42.5 Å². The number of allylic oxidation sites excluding steroid dienone is 2. The number of carbonyl (C=O) groups is 4. The van der Waals surface area contributed by atoms with Gasteiger partial charge in [0, 0.05) is 6.42 Å². The Bertz CT molecular complexity index is 882. The Hall–Kier alpha value is -3.29. The minimum Gasteiger partial charge on any atom is -0.454 e. The number of imide groups is 1. The fourth-order valence-electron chi connectivity index (χ4n) is 3.89. The number of fused-ring (bicyclic) bond motifs is 1. The zero-order valence-corrected chi connectivity index (χ0v) is 15.8. The molecule has 1 saturated heterocycles. The average molecular weight is 395 g/mol. The summed E-state index contributed by atoms with van der Waals surface area (Å²) in [6.07, 6.45) is 5.41. The number of benzene rings is 1. The maximum Gasteiger partial charge on any atom is 0.326 e. The first kappa shape index (κ1) is 19.0. The van der Waals surface area contributed by atoms with Gasteiger partial charge in [0.2, 0.25) is 11.8 Å². The van der Waals surface area contributed by atoms with Gasteiger partial charge in [0.05, 0.1) is 24.1 Å². The van der Waals surface area contributed by atoms with E-state index < -0.39 is 36.9 Å². The van der Waals surface area contributed by atoms with Crippen molar-refractivity contribution >= 4 is 29.4 Å². The van der Waals surface area contributed by atoms with Crippen LogP contribution in [0.3, 0.4) is 0 Å². The number of carbonyl (C=O) groups excluding carboxylic acids is 4. The molecule has 1 aromatic carbocycles. The molecule has 0 saturated carbocycles. The third-order valence-electron chi connectivity index (χ3n) is 5.44. The van der Waals surface area contributed by atoms with Gasteiger partial charge < -0.3 is 4.74 Å². The van der Waals surface area contributed by atoms with Crippen molar-refractivity contribution in [2.75, 3.05) is 19.7 Å². The second kappa shape index (κ2) is 7.98. The number of amides is 3. The predicted octanol–water partition coefficient (Wildman–Crippen LogP) is 1.12.